The van der Waals surface area contributed by atoms with Crippen LogP contribution in [-0.2, 0) is 0 Å². The van der Waals surface area contributed by atoms with Crippen LogP contribution in [0.2, 0.25) is 0 Å². The largest absolute Gasteiger partial charge is 0.494 e. The molecular formula is C22H25N3O3. The second-order valence-electron chi connectivity index (χ2n) is 7.49. The van der Waals surface area contributed by atoms with Gasteiger partial charge in [0.25, 0.3) is 5.91 Å². The Labute approximate surface area is 165 Å². The molecule has 0 radical (unpaired) electrons. The zero-order chi connectivity index (χ0) is 19.5. The van der Waals surface area contributed by atoms with Crippen molar-refractivity contribution in [3.05, 3.63) is 59.9 Å². The molecule has 2 fully saturated rings. The van der Waals surface area contributed by atoms with Crippen LogP contribution >= 0.6 is 0 Å². The van der Waals surface area contributed by atoms with Gasteiger partial charge in [0.15, 0.2) is 5.78 Å². The molecule has 1 aromatic carbocycles. The van der Waals surface area contributed by atoms with E-state index in [4.69, 9.17) is 4.74 Å². The lowest BCUT2D eigenvalue weighted by atomic mass is 10.1. The second kappa shape index (κ2) is 8.10. The zero-order valence-corrected chi connectivity index (χ0v) is 16.1. The van der Waals surface area contributed by atoms with Crippen molar-refractivity contribution in [1.82, 2.24) is 14.8 Å². The predicted molar refractivity (Wildman–Crippen MR) is 106 cm³/mol. The van der Waals surface area contributed by atoms with Crippen LogP contribution in [0.4, 0.5) is 0 Å². The maximum atomic E-state index is 12.6. The van der Waals surface area contributed by atoms with Crippen LogP contribution in [0.25, 0.3) is 0 Å². The molecule has 0 spiro atoms. The molecule has 2 bridgehead atoms. The summed E-state index contributed by atoms with van der Waals surface area (Å²) in [6.07, 6.45) is 3.65. The summed E-state index contributed by atoms with van der Waals surface area (Å²) >= 11 is 0. The summed E-state index contributed by atoms with van der Waals surface area (Å²) < 4.78 is 5.79. The number of carbonyl (C=O) groups excluding carboxylic acids is 2. The minimum absolute atomic E-state index is 0.0464. The molecule has 0 N–H and O–H groups in total. The van der Waals surface area contributed by atoms with Gasteiger partial charge in [0, 0.05) is 43.5 Å². The van der Waals surface area contributed by atoms with Gasteiger partial charge in [-0.3, -0.25) is 19.5 Å². The fourth-order valence-corrected chi connectivity index (χ4v) is 4.15. The number of benzene rings is 1. The van der Waals surface area contributed by atoms with E-state index < -0.39 is 0 Å². The number of ether oxygens (including phenoxy) is 1. The predicted octanol–water partition coefficient (Wildman–Crippen LogP) is 2.65. The highest BCUT2D eigenvalue weighted by Crippen LogP contribution is 2.31. The van der Waals surface area contributed by atoms with E-state index in [1.165, 1.54) is 0 Å². The Hall–Kier alpha value is -2.73. The first-order valence-electron chi connectivity index (χ1n) is 9.81. The Morgan fingerprint density at radius 2 is 1.93 bits per heavy atom. The number of Topliss-reactive ketones (excluding diaryl/α,β-unsaturated/α-hetero) is 1. The number of piperazine rings is 1. The summed E-state index contributed by atoms with van der Waals surface area (Å²) in [7, 11) is 0. The molecule has 2 saturated heterocycles. The number of pyridine rings is 1. The van der Waals surface area contributed by atoms with Crippen LogP contribution in [0.1, 0.15) is 40.6 Å². The smallest absolute Gasteiger partial charge is 0.272 e. The van der Waals surface area contributed by atoms with Gasteiger partial charge in [-0.1, -0.05) is 6.07 Å². The van der Waals surface area contributed by atoms with Crippen molar-refractivity contribution >= 4 is 11.7 Å². The molecule has 2 atom stereocenters. The summed E-state index contributed by atoms with van der Waals surface area (Å²) in [6, 6.07) is 13.5. The minimum atomic E-state index is 0.0464. The number of rotatable bonds is 7. The van der Waals surface area contributed by atoms with E-state index in [1.807, 2.05) is 29.2 Å². The molecule has 28 heavy (non-hydrogen) atoms. The van der Waals surface area contributed by atoms with E-state index in [0.29, 0.717) is 29.9 Å². The number of hydrogen-bond acceptors (Lipinski definition) is 5. The van der Waals surface area contributed by atoms with Gasteiger partial charge in [-0.15, -0.1) is 0 Å². The van der Waals surface area contributed by atoms with E-state index in [-0.39, 0.29) is 11.7 Å². The lowest BCUT2D eigenvalue weighted by Crippen LogP contribution is -2.49. The second-order valence-corrected chi connectivity index (χ2v) is 7.49. The summed E-state index contributed by atoms with van der Waals surface area (Å²) in [5.74, 6) is 0.899. The molecule has 0 saturated carbocycles. The van der Waals surface area contributed by atoms with Gasteiger partial charge in [0.2, 0.25) is 0 Å². The van der Waals surface area contributed by atoms with Crippen molar-refractivity contribution in [2.45, 2.75) is 31.8 Å². The van der Waals surface area contributed by atoms with Crippen molar-refractivity contribution in [2.75, 3.05) is 26.2 Å². The van der Waals surface area contributed by atoms with Gasteiger partial charge in [-0.2, -0.15) is 0 Å². The Morgan fingerprint density at radius 1 is 1.11 bits per heavy atom. The molecule has 1 amide bonds. The molecule has 6 nitrogen and oxygen atoms in total. The minimum Gasteiger partial charge on any atom is -0.494 e. The highest BCUT2D eigenvalue weighted by molar-refractivity contribution is 5.94. The third kappa shape index (κ3) is 3.92. The molecule has 1 aromatic heterocycles. The SMILES string of the molecule is CC(=O)c1ccc(OCCCN2C[C@H]3C[C@@H]2CN3C(=O)c2ccccn2)cc1. The third-order valence-corrected chi connectivity index (χ3v) is 5.62. The van der Waals surface area contributed by atoms with Crippen molar-refractivity contribution in [3.8, 4) is 5.75 Å². The summed E-state index contributed by atoms with van der Waals surface area (Å²) in [6.45, 7) is 4.89. The standard InChI is InChI=1S/C22H25N3O3/c1-16(26)17-6-8-20(9-7-17)28-12-4-11-24-14-19-13-18(24)15-25(19)22(27)21-5-2-3-10-23-21/h2-3,5-10,18-19H,4,11-15H2,1H3/t18-,19-/m1/s1. The Balaban J connectivity index is 1.21. The fourth-order valence-electron chi connectivity index (χ4n) is 4.15. The molecule has 2 aliphatic rings. The fraction of sp³-hybridized carbons (Fsp3) is 0.409. The molecule has 2 aromatic rings. The number of amides is 1. The van der Waals surface area contributed by atoms with Gasteiger partial charge in [0.05, 0.1) is 6.61 Å². The van der Waals surface area contributed by atoms with E-state index in [9.17, 15) is 9.59 Å². The maximum Gasteiger partial charge on any atom is 0.272 e. The van der Waals surface area contributed by atoms with Gasteiger partial charge < -0.3 is 9.64 Å². The molecule has 4 rings (SSSR count). The van der Waals surface area contributed by atoms with Crippen LogP contribution in [0.15, 0.2) is 48.7 Å². The molecule has 3 heterocycles. The van der Waals surface area contributed by atoms with Gasteiger partial charge in [0.1, 0.15) is 11.4 Å². The van der Waals surface area contributed by atoms with E-state index in [2.05, 4.69) is 9.88 Å². The zero-order valence-electron chi connectivity index (χ0n) is 16.1. The van der Waals surface area contributed by atoms with Crippen molar-refractivity contribution in [3.63, 3.8) is 0 Å². The Kier molecular flexibility index (Phi) is 5.39. The van der Waals surface area contributed by atoms with E-state index in [0.717, 1.165) is 38.2 Å². The first kappa shape index (κ1) is 18.6. The molecular weight excluding hydrogens is 354 g/mol. The number of nitrogens with zero attached hydrogens (tertiary/aromatic N) is 3. The number of hydrogen-bond donors (Lipinski definition) is 0. The van der Waals surface area contributed by atoms with Crippen molar-refractivity contribution < 1.29 is 14.3 Å². The molecule has 0 aliphatic carbocycles. The molecule has 6 heteroatoms. The average molecular weight is 379 g/mol. The average Bonchev–Trinajstić information content (AvgIpc) is 3.32. The van der Waals surface area contributed by atoms with E-state index >= 15 is 0 Å². The molecule has 0 unspecified atom stereocenters. The van der Waals surface area contributed by atoms with Crippen LogP contribution in [0.5, 0.6) is 5.75 Å². The number of aromatic nitrogens is 1. The monoisotopic (exact) mass is 379 g/mol. The number of ketones is 1. The maximum absolute atomic E-state index is 12.6. The lowest BCUT2D eigenvalue weighted by molar-refractivity contribution is 0.0612. The highest BCUT2D eigenvalue weighted by atomic mass is 16.5. The number of fused-ring (bicyclic) bond motifs is 2. The number of likely N-dealkylation sites (tertiary alicyclic amines) is 2. The first-order chi connectivity index (χ1) is 13.6. The van der Waals surface area contributed by atoms with Crippen molar-refractivity contribution in [2.24, 2.45) is 0 Å². The number of carbonyl (C=O) groups is 2. The summed E-state index contributed by atoms with van der Waals surface area (Å²) in [5, 5.41) is 0. The van der Waals surface area contributed by atoms with Crippen LogP contribution in [0.3, 0.4) is 0 Å². The van der Waals surface area contributed by atoms with Crippen LogP contribution < -0.4 is 4.74 Å². The Morgan fingerprint density at radius 3 is 2.57 bits per heavy atom. The van der Waals surface area contributed by atoms with Gasteiger partial charge in [-0.25, -0.2) is 0 Å². The first-order valence-corrected chi connectivity index (χ1v) is 9.81. The molecule has 2 aliphatic heterocycles. The summed E-state index contributed by atoms with van der Waals surface area (Å²) in [4.78, 5) is 32.6. The summed E-state index contributed by atoms with van der Waals surface area (Å²) in [5.41, 5.74) is 1.23. The Bertz CT molecular complexity index is 838. The van der Waals surface area contributed by atoms with Crippen LogP contribution in [-0.4, -0.2) is 64.8 Å². The highest BCUT2D eigenvalue weighted by Gasteiger charge is 2.45. The lowest BCUT2D eigenvalue weighted by Gasteiger charge is -2.34. The molecule has 146 valence electrons. The topological polar surface area (TPSA) is 62.7 Å². The van der Waals surface area contributed by atoms with Gasteiger partial charge >= 0.3 is 0 Å². The van der Waals surface area contributed by atoms with Crippen molar-refractivity contribution in [1.29, 1.82) is 0 Å². The van der Waals surface area contributed by atoms with Crippen LogP contribution in [0, 0.1) is 0 Å². The quantitative estimate of drug-likeness (QED) is 0.547. The van der Waals surface area contributed by atoms with Gasteiger partial charge in [-0.05, 0) is 56.2 Å². The third-order valence-electron chi connectivity index (χ3n) is 5.62. The normalized spacial score (nSPS) is 21.1. The van der Waals surface area contributed by atoms with E-state index in [1.54, 1.807) is 31.3 Å².